The lowest BCUT2D eigenvalue weighted by atomic mass is 10.1. The van der Waals surface area contributed by atoms with Crippen molar-refractivity contribution in [2.75, 3.05) is 30.5 Å². The van der Waals surface area contributed by atoms with E-state index in [9.17, 15) is 13.2 Å². The Balaban J connectivity index is 3.31. The van der Waals surface area contributed by atoms with Gasteiger partial charge in [0, 0.05) is 26.8 Å². The molecular weight excluding hydrogens is 296 g/mol. The molecule has 2 N–H and O–H groups in total. The predicted octanol–water partition coefficient (Wildman–Crippen LogP) is 2.42. The van der Waals surface area contributed by atoms with Gasteiger partial charge in [0.15, 0.2) is 15.6 Å². The highest BCUT2D eigenvalue weighted by Crippen LogP contribution is 2.41. The topological polar surface area (TPSA) is 80.5 Å². The van der Waals surface area contributed by atoms with Crippen molar-refractivity contribution >= 4 is 37.6 Å². The summed E-state index contributed by atoms with van der Waals surface area (Å²) in [5.74, 6) is 0.310. The zero-order valence-electron chi connectivity index (χ0n) is 12.6. The Morgan fingerprint density at radius 2 is 1.95 bits per heavy atom. The molecule has 0 aliphatic heterocycles. The van der Waals surface area contributed by atoms with Crippen LogP contribution >= 0.6 is 11.3 Å². The predicted molar refractivity (Wildman–Crippen MR) is 84.6 cm³/mol. The highest BCUT2D eigenvalue weighted by molar-refractivity contribution is 7.91. The number of rotatable bonds is 6. The maximum atomic E-state index is 11.9. The van der Waals surface area contributed by atoms with Crippen LogP contribution in [-0.2, 0) is 9.84 Å². The van der Waals surface area contributed by atoms with E-state index in [1.165, 1.54) is 6.92 Å². The fourth-order valence-electron chi connectivity index (χ4n) is 1.84. The first-order valence-corrected chi connectivity index (χ1v) is 9.10. The van der Waals surface area contributed by atoms with Crippen molar-refractivity contribution in [3.8, 4) is 0 Å². The summed E-state index contributed by atoms with van der Waals surface area (Å²) in [5.41, 5.74) is 5.95. The third kappa shape index (κ3) is 3.73. The van der Waals surface area contributed by atoms with E-state index in [0.717, 1.165) is 30.6 Å². The molecule has 0 fully saturated rings. The van der Waals surface area contributed by atoms with Gasteiger partial charge in [-0.1, -0.05) is 13.8 Å². The molecule has 0 radical (unpaired) electrons. The SMILES string of the molecule is CC(=O)c1sc(N(C)CCC(C)C)c(S(C)(=O)=O)c1N. The van der Waals surface area contributed by atoms with Gasteiger partial charge < -0.3 is 10.6 Å². The maximum absolute atomic E-state index is 11.9. The molecule has 0 atom stereocenters. The van der Waals surface area contributed by atoms with E-state index < -0.39 is 9.84 Å². The average Bonchev–Trinajstić information content (AvgIpc) is 2.63. The lowest BCUT2D eigenvalue weighted by Gasteiger charge is -2.19. The van der Waals surface area contributed by atoms with Crippen LogP contribution in [0, 0.1) is 5.92 Å². The Labute approximate surface area is 124 Å². The van der Waals surface area contributed by atoms with Crippen LogP contribution in [0.25, 0.3) is 0 Å². The van der Waals surface area contributed by atoms with Gasteiger partial charge in [0.05, 0.1) is 10.6 Å². The van der Waals surface area contributed by atoms with Crippen molar-refractivity contribution in [2.45, 2.75) is 32.1 Å². The fourth-order valence-corrected chi connectivity index (χ4v) is 4.46. The smallest absolute Gasteiger partial charge is 0.180 e. The van der Waals surface area contributed by atoms with E-state index in [0.29, 0.717) is 15.8 Å². The van der Waals surface area contributed by atoms with Crippen molar-refractivity contribution < 1.29 is 13.2 Å². The first-order chi connectivity index (χ1) is 9.05. The molecule has 0 spiro atoms. The molecule has 0 unspecified atom stereocenters. The number of hydrogen-bond acceptors (Lipinski definition) is 6. The number of sulfone groups is 1. The number of Topliss-reactive ketones (excluding diaryl/α,β-unsaturated/α-hetero) is 1. The number of carbonyl (C=O) groups excluding carboxylic acids is 1. The monoisotopic (exact) mass is 318 g/mol. The number of ketones is 1. The normalized spacial score (nSPS) is 11.9. The number of nitrogens with zero attached hydrogens (tertiary/aromatic N) is 1. The molecule has 20 heavy (non-hydrogen) atoms. The molecule has 1 aromatic rings. The first-order valence-electron chi connectivity index (χ1n) is 6.40. The van der Waals surface area contributed by atoms with Crippen LogP contribution in [0.1, 0.15) is 36.9 Å². The van der Waals surface area contributed by atoms with Crippen LogP contribution in [-0.4, -0.2) is 34.0 Å². The van der Waals surface area contributed by atoms with Crippen LogP contribution in [0.3, 0.4) is 0 Å². The molecule has 114 valence electrons. The minimum absolute atomic E-state index is 0.0800. The van der Waals surface area contributed by atoms with Crippen LogP contribution in [0.5, 0.6) is 0 Å². The number of anilines is 2. The summed E-state index contributed by atoms with van der Waals surface area (Å²) in [4.78, 5) is 13.8. The minimum Gasteiger partial charge on any atom is -0.396 e. The zero-order chi connectivity index (χ0) is 15.7. The molecule has 0 saturated heterocycles. The molecule has 0 aliphatic rings. The van der Waals surface area contributed by atoms with Gasteiger partial charge in [-0.15, -0.1) is 11.3 Å². The Bertz CT molecular complexity index is 603. The lowest BCUT2D eigenvalue weighted by molar-refractivity contribution is 0.102. The summed E-state index contributed by atoms with van der Waals surface area (Å²) in [6, 6.07) is 0. The van der Waals surface area contributed by atoms with Gasteiger partial charge in [-0.25, -0.2) is 8.42 Å². The van der Waals surface area contributed by atoms with E-state index in [4.69, 9.17) is 5.73 Å². The fraction of sp³-hybridized carbons (Fsp3) is 0.615. The second-order valence-electron chi connectivity index (χ2n) is 5.41. The standard InChI is InChI=1S/C13H22N2O3S2/c1-8(2)6-7-15(4)13-12(20(5,17)18)10(14)11(19-13)9(3)16/h8H,6-7,14H2,1-5H3. The summed E-state index contributed by atoms with van der Waals surface area (Å²) in [5, 5.41) is 0.552. The van der Waals surface area contributed by atoms with Crippen LogP contribution < -0.4 is 10.6 Å². The highest BCUT2D eigenvalue weighted by atomic mass is 32.2. The summed E-state index contributed by atoms with van der Waals surface area (Å²) >= 11 is 1.15. The Kier molecular flexibility index (Phi) is 5.21. The molecule has 1 heterocycles. The summed E-state index contributed by atoms with van der Waals surface area (Å²) < 4.78 is 23.9. The Morgan fingerprint density at radius 1 is 1.40 bits per heavy atom. The molecule has 0 saturated carbocycles. The molecular formula is C13H22N2O3S2. The number of hydrogen-bond donors (Lipinski definition) is 1. The summed E-state index contributed by atoms with van der Waals surface area (Å²) in [6.07, 6.45) is 2.06. The van der Waals surface area contributed by atoms with Crippen molar-refractivity contribution in [1.82, 2.24) is 0 Å². The van der Waals surface area contributed by atoms with E-state index in [1.54, 1.807) is 0 Å². The van der Waals surface area contributed by atoms with Crippen LogP contribution in [0.15, 0.2) is 4.90 Å². The number of nitrogen functional groups attached to an aromatic ring is 1. The van der Waals surface area contributed by atoms with Gasteiger partial charge in [0.25, 0.3) is 0 Å². The van der Waals surface area contributed by atoms with Gasteiger partial charge in [-0.2, -0.15) is 0 Å². The number of carbonyl (C=O) groups is 1. The molecule has 0 bridgehead atoms. The number of nitrogens with two attached hydrogens (primary N) is 1. The van der Waals surface area contributed by atoms with E-state index in [1.807, 2.05) is 11.9 Å². The van der Waals surface area contributed by atoms with Gasteiger partial charge >= 0.3 is 0 Å². The largest absolute Gasteiger partial charge is 0.396 e. The van der Waals surface area contributed by atoms with Crippen molar-refractivity contribution in [3.63, 3.8) is 0 Å². The van der Waals surface area contributed by atoms with Crippen molar-refractivity contribution in [2.24, 2.45) is 5.92 Å². The van der Waals surface area contributed by atoms with E-state index >= 15 is 0 Å². The molecule has 1 aromatic heterocycles. The molecule has 1 rings (SSSR count). The van der Waals surface area contributed by atoms with E-state index in [-0.39, 0.29) is 16.4 Å². The van der Waals surface area contributed by atoms with Gasteiger partial charge in [-0.3, -0.25) is 4.79 Å². The van der Waals surface area contributed by atoms with Crippen molar-refractivity contribution in [1.29, 1.82) is 0 Å². The Morgan fingerprint density at radius 3 is 2.35 bits per heavy atom. The van der Waals surface area contributed by atoms with Crippen LogP contribution in [0.4, 0.5) is 10.7 Å². The van der Waals surface area contributed by atoms with Crippen molar-refractivity contribution in [3.05, 3.63) is 4.88 Å². The van der Waals surface area contributed by atoms with Gasteiger partial charge in [-0.05, 0) is 12.3 Å². The van der Waals surface area contributed by atoms with Crippen LogP contribution in [0.2, 0.25) is 0 Å². The maximum Gasteiger partial charge on any atom is 0.180 e. The number of thiophene rings is 1. The lowest BCUT2D eigenvalue weighted by Crippen LogP contribution is -2.20. The molecule has 0 aromatic carbocycles. The summed E-state index contributed by atoms with van der Waals surface area (Å²) in [7, 11) is -1.64. The quantitative estimate of drug-likeness (QED) is 0.815. The minimum atomic E-state index is -3.47. The first kappa shape index (κ1) is 17.0. The molecule has 0 aliphatic carbocycles. The highest BCUT2D eigenvalue weighted by Gasteiger charge is 2.27. The average molecular weight is 318 g/mol. The second-order valence-corrected chi connectivity index (χ2v) is 8.36. The van der Waals surface area contributed by atoms with Gasteiger partial charge in [0.1, 0.15) is 9.90 Å². The van der Waals surface area contributed by atoms with Gasteiger partial charge in [0.2, 0.25) is 0 Å². The zero-order valence-corrected chi connectivity index (χ0v) is 14.2. The molecule has 7 heteroatoms. The Hall–Kier alpha value is -1.08. The third-order valence-electron chi connectivity index (χ3n) is 2.96. The summed E-state index contributed by atoms with van der Waals surface area (Å²) in [6.45, 7) is 6.33. The van der Waals surface area contributed by atoms with E-state index in [2.05, 4.69) is 13.8 Å². The molecule has 5 nitrogen and oxygen atoms in total. The molecule has 0 amide bonds. The second kappa shape index (κ2) is 6.13. The third-order valence-corrected chi connectivity index (χ3v) is 5.67.